The van der Waals surface area contributed by atoms with Crippen LogP contribution in [0.2, 0.25) is 0 Å². The average molecular weight is 297 g/mol. The number of fused-ring (bicyclic) bond motifs is 1. The van der Waals surface area contributed by atoms with Gasteiger partial charge >= 0.3 is 5.97 Å². The summed E-state index contributed by atoms with van der Waals surface area (Å²) in [6, 6.07) is 3.52. The van der Waals surface area contributed by atoms with Crippen LogP contribution in [0.1, 0.15) is 0 Å². The quantitative estimate of drug-likeness (QED) is 0.770. The van der Waals surface area contributed by atoms with E-state index < -0.39 is 5.97 Å². The van der Waals surface area contributed by atoms with Gasteiger partial charge in [-0.05, 0) is 6.07 Å². The highest BCUT2D eigenvalue weighted by Crippen LogP contribution is 2.24. The van der Waals surface area contributed by atoms with Gasteiger partial charge in [0, 0.05) is 13.2 Å². The number of carboxylic acid groups (broad SMARTS) is 1. The molecule has 1 N–H and O–H groups in total. The number of carbonyl (C=O) groups is 1. The minimum atomic E-state index is -0.883. The molecule has 0 bridgehead atoms. The summed E-state index contributed by atoms with van der Waals surface area (Å²) in [5.74, 6) is -0.440. The van der Waals surface area contributed by atoms with E-state index in [0.29, 0.717) is 35.4 Å². The molecule has 0 unspecified atom stereocenters. The Morgan fingerprint density at radius 2 is 2.20 bits per heavy atom. The van der Waals surface area contributed by atoms with Gasteiger partial charge in [0.1, 0.15) is 5.52 Å². The van der Waals surface area contributed by atoms with Gasteiger partial charge in [0.05, 0.1) is 26.0 Å². The van der Waals surface area contributed by atoms with Crippen LogP contribution in [0, 0.1) is 0 Å². The Balaban J connectivity index is 2.40. The van der Waals surface area contributed by atoms with Crippen LogP contribution in [0.4, 0.5) is 0 Å². The number of nitrogens with zero attached hydrogens (tertiary/aromatic N) is 3. The third-order valence-electron chi connectivity index (χ3n) is 2.58. The third-order valence-corrected chi connectivity index (χ3v) is 3.55. The maximum Gasteiger partial charge on any atom is 0.313 e. The van der Waals surface area contributed by atoms with Gasteiger partial charge in [-0.3, -0.25) is 4.79 Å². The maximum absolute atomic E-state index is 10.7. The van der Waals surface area contributed by atoms with Crippen molar-refractivity contribution in [3.63, 3.8) is 0 Å². The highest BCUT2D eigenvalue weighted by atomic mass is 32.2. The van der Waals surface area contributed by atoms with Crippen LogP contribution < -0.4 is 4.74 Å². The van der Waals surface area contributed by atoms with E-state index in [0.717, 1.165) is 11.8 Å². The summed E-state index contributed by atoms with van der Waals surface area (Å²) in [6.07, 6.45) is 0. The van der Waals surface area contributed by atoms with Crippen LogP contribution in [0.3, 0.4) is 0 Å². The summed E-state index contributed by atoms with van der Waals surface area (Å²) < 4.78 is 12.0. The number of pyridine rings is 1. The monoisotopic (exact) mass is 297 g/mol. The lowest BCUT2D eigenvalue weighted by atomic mass is 10.4. The number of ether oxygens (including phenoxy) is 2. The summed E-state index contributed by atoms with van der Waals surface area (Å²) >= 11 is 1.16. The summed E-state index contributed by atoms with van der Waals surface area (Å²) in [4.78, 5) is 19.5. The normalized spacial score (nSPS) is 10.9. The highest BCUT2D eigenvalue weighted by Gasteiger charge is 2.14. The first-order chi connectivity index (χ1) is 9.65. The Morgan fingerprint density at radius 3 is 2.85 bits per heavy atom. The molecule has 7 nitrogen and oxygen atoms in total. The molecule has 108 valence electrons. The predicted octanol–water partition coefficient (Wildman–Crippen LogP) is 1.26. The van der Waals surface area contributed by atoms with E-state index in [1.54, 1.807) is 26.4 Å². The molecular formula is C12H15N3O4S. The molecule has 0 aromatic carbocycles. The Labute approximate surface area is 119 Å². The van der Waals surface area contributed by atoms with Gasteiger partial charge in [0.15, 0.2) is 10.8 Å². The van der Waals surface area contributed by atoms with E-state index in [9.17, 15) is 4.79 Å². The topological polar surface area (TPSA) is 86.5 Å². The van der Waals surface area contributed by atoms with Crippen molar-refractivity contribution < 1.29 is 19.4 Å². The van der Waals surface area contributed by atoms with Crippen molar-refractivity contribution in [1.82, 2.24) is 14.5 Å². The number of aliphatic carboxylic acids is 1. The Morgan fingerprint density at radius 1 is 1.40 bits per heavy atom. The van der Waals surface area contributed by atoms with Gasteiger partial charge in [-0.15, -0.1) is 0 Å². The number of thioether (sulfide) groups is 1. The number of methoxy groups -OCH3 is 2. The van der Waals surface area contributed by atoms with Gasteiger partial charge in [0.2, 0.25) is 5.88 Å². The van der Waals surface area contributed by atoms with Crippen molar-refractivity contribution in [3.8, 4) is 5.88 Å². The second kappa shape index (κ2) is 6.58. The molecule has 0 radical (unpaired) electrons. The molecule has 2 aromatic heterocycles. The molecule has 2 heterocycles. The first-order valence-corrected chi connectivity index (χ1v) is 6.89. The molecule has 2 rings (SSSR count). The summed E-state index contributed by atoms with van der Waals surface area (Å²) in [7, 11) is 3.15. The maximum atomic E-state index is 10.7. The summed E-state index contributed by atoms with van der Waals surface area (Å²) in [6.45, 7) is 1.04. The van der Waals surface area contributed by atoms with Gasteiger partial charge in [-0.25, -0.2) is 4.98 Å². The van der Waals surface area contributed by atoms with Crippen LogP contribution >= 0.6 is 11.8 Å². The van der Waals surface area contributed by atoms with Crippen LogP contribution in [0.15, 0.2) is 17.3 Å². The van der Waals surface area contributed by atoms with E-state index in [1.807, 2.05) is 4.57 Å². The van der Waals surface area contributed by atoms with Gasteiger partial charge in [0.25, 0.3) is 0 Å². The van der Waals surface area contributed by atoms with E-state index in [2.05, 4.69) is 9.97 Å². The van der Waals surface area contributed by atoms with Crippen molar-refractivity contribution in [3.05, 3.63) is 12.1 Å². The van der Waals surface area contributed by atoms with E-state index in [1.165, 1.54) is 0 Å². The van der Waals surface area contributed by atoms with Crippen LogP contribution in [-0.2, 0) is 16.1 Å². The number of aromatic nitrogens is 3. The zero-order valence-corrected chi connectivity index (χ0v) is 12.0. The first-order valence-electron chi connectivity index (χ1n) is 5.90. The Hall–Kier alpha value is -1.80. The molecule has 0 atom stereocenters. The SMILES string of the molecule is COCCn1c(SCC(=O)O)nc2ccc(OC)nc21. The summed E-state index contributed by atoms with van der Waals surface area (Å²) in [5.41, 5.74) is 1.36. The number of imidazole rings is 1. The van der Waals surface area contributed by atoms with Crippen LogP contribution in [0.25, 0.3) is 11.2 Å². The van der Waals surface area contributed by atoms with Crippen molar-refractivity contribution in [2.24, 2.45) is 0 Å². The van der Waals surface area contributed by atoms with Crippen molar-refractivity contribution in [2.45, 2.75) is 11.7 Å². The molecule has 0 spiro atoms. The van der Waals surface area contributed by atoms with Crippen molar-refractivity contribution >= 4 is 28.9 Å². The Kier molecular flexibility index (Phi) is 4.80. The fourth-order valence-electron chi connectivity index (χ4n) is 1.70. The van der Waals surface area contributed by atoms with Gasteiger partial charge in [-0.1, -0.05) is 11.8 Å². The predicted molar refractivity (Wildman–Crippen MR) is 74.3 cm³/mol. The molecule has 0 fully saturated rings. The molecule has 0 amide bonds. The smallest absolute Gasteiger partial charge is 0.313 e. The number of hydrogen-bond donors (Lipinski definition) is 1. The van der Waals surface area contributed by atoms with Crippen molar-refractivity contribution in [2.75, 3.05) is 26.6 Å². The van der Waals surface area contributed by atoms with Crippen LogP contribution in [-0.4, -0.2) is 52.2 Å². The number of rotatable bonds is 7. The standard InChI is InChI=1S/C12H15N3O4S/c1-18-6-5-15-11-8(3-4-9(14-11)19-2)13-12(15)20-7-10(16)17/h3-4H,5-7H2,1-2H3,(H,16,17). The molecule has 0 saturated heterocycles. The zero-order chi connectivity index (χ0) is 14.5. The second-order valence-corrected chi connectivity index (χ2v) is 4.86. The molecule has 0 aliphatic carbocycles. The fourth-order valence-corrected chi connectivity index (χ4v) is 2.45. The molecule has 8 heteroatoms. The van der Waals surface area contributed by atoms with Gasteiger partial charge < -0.3 is 19.1 Å². The highest BCUT2D eigenvalue weighted by molar-refractivity contribution is 7.99. The first kappa shape index (κ1) is 14.6. The number of carboxylic acids is 1. The van der Waals surface area contributed by atoms with E-state index in [-0.39, 0.29) is 5.75 Å². The zero-order valence-electron chi connectivity index (χ0n) is 11.2. The van der Waals surface area contributed by atoms with Gasteiger partial charge in [-0.2, -0.15) is 4.98 Å². The number of hydrogen-bond acceptors (Lipinski definition) is 6. The minimum Gasteiger partial charge on any atom is -0.481 e. The minimum absolute atomic E-state index is 0.0482. The lowest BCUT2D eigenvalue weighted by Gasteiger charge is -2.07. The molecule has 0 aliphatic heterocycles. The average Bonchev–Trinajstić information content (AvgIpc) is 2.79. The molecule has 0 aliphatic rings. The molecular weight excluding hydrogens is 282 g/mol. The summed E-state index contributed by atoms with van der Waals surface area (Å²) in [5, 5.41) is 9.39. The van der Waals surface area contributed by atoms with Crippen molar-refractivity contribution in [1.29, 1.82) is 0 Å². The lowest BCUT2D eigenvalue weighted by molar-refractivity contribution is -0.133. The van der Waals surface area contributed by atoms with Crippen LogP contribution in [0.5, 0.6) is 5.88 Å². The largest absolute Gasteiger partial charge is 0.481 e. The molecule has 2 aromatic rings. The fraction of sp³-hybridized carbons (Fsp3) is 0.417. The second-order valence-electron chi connectivity index (χ2n) is 3.92. The molecule has 20 heavy (non-hydrogen) atoms. The Bertz CT molecular complexity index is 614. The third kappa shape index (κ3) is 3.20. The molecule has 0 saturated carbocycles. The lowest BCUT2D eigenvalue weighted by Crippen LogP contribution is -2.08. The van der Waals surface area contributed by atoms with E-state index in [4.69, 9.17) is 14.6 Å². The van der Waals surface area contributed by atoms with E-state index >= 15 is 0 Å².